The molecule has 0 unspecified atom stereocenters. The number of ether oxygens (including phenoxy) is 1. The number of benzene rings is 1. The SMILES string of the molecule is Cc1cc(OCC(=O)NCc2ccc(F)cc2)nc(-n2nc(C)cc2C)n1. The third kappa shape index (κ3) is 4.87. The van der Waals surface area contributed by atoms with Crippen LogP contribution in [0.2, 0.25) is 0 Å². The first-order valence-corrected chi connectivity index (χ1v) is 8.44. The Balaban J connectivity index is 1.61. The molecule has 0 fully saturated rings. The van der Waals surface area contributed by atoms with Gasteiger partial charge < -0.3 is 10.1 Å². The molecule has 140 valence electrons. The standard InChI is InChI=1S/C19H20FN5O2/c1-12-9-18(23-19(22-12)25-14(3)8-13(2)24-25)27-11-17(26)21-10-15-4-6-16(20)7-5-15/h4-9H,10-11H2,1-3H3,(H,21,26). The highest BCUT2D eigenvalue weighted by Gasteiger charge is 2.11. The zero-order valence-electron chi connectivity index (χ0n) is 15.4. The van der Waals surface area contributed by atoms with Gasteiger partial charge in [0, 0.05) is 24.0 Å². The van der Waals surface area contributed by atoms with Crippen molar-refractivity contribution in [2.45, 2.75) is 27.3 Å². The van der Waals surface area contributed by atoms with Crippen molar-refractivity contribution in [3.05, 3.63) is 64.9 Å². The van der Waals surface area contributed by atoms with Gasteiger partial charge in [0.2, 0.25) is 5.88 Å². The molecular formula is C19H20FN5O2. The number of halogens is 1. The van der Waals surface area contributed by atoms with E-state index in [0.29, 0.717) is 24.1 Å². The molecule has 1 N–H and O–H groups in total. The first-order valence-electron chi connectivity index (χ1n) is 8.44. The number of nitrogens with zero attached hydrogens (tertiary/aromatic N) is 4. The third-order valence-corrected chi connectivity index (χ3v) is 3.77. The number of nitrogens with one attached hydrogen (secondary N) is 1. The second-order valence-electron chi connectivity index (χ2n) is 6.18. The molecule has 1 amide bonds. The maximum absolute atomic E-state index is 12.9. The molecule has 3 aromatic rings. The molecule has 0 aliphatic heterocycles. The van der Waals surface area contributed by atoms with Crippen LogP contribution in [0.4, 0.5) is 4.39 Å². The Labute approximate surface area is 156 Å². The molecule has 0 aliphatic carbocycles. The van der Waals surface area contributed by atoms with E-state index in [1.165, 1.54) is 12.1 Å². The van der Waals surface area contributed by atoms with Gasteiger partial charge in [-0.25, -0.2) is 14.1 Å². The minimum Gasteiger partial charge on any atom is -0.467 e. The quantitative estimate of drug-likeness (QED) is 0.722. The molecule has 7 nitrogen and oxygen atoms in total. The normalized spacial score (nSPS) is 10.7. The van der Waals surface area contributed by atoms with Gasteiger partial charge in [0.25, 0.3) is 11.9 Å². The number of aryl methyl sites for hydroxylation is 3. The van der Waals surface area contributed by atoms with Crippen LogP contribution in [-0.2, 0) is 11.3 Å². The molecule has 0 radical (unpaired) electrons. The summed E-state index contributed by atoms with van der Waals surface area (Å²) in [6.45, 7) is 5.73. The highest BCUT2D eigenvalue weighted by Crippen LogP contribution is 2.14. The van der Waals surface area contributed by atoms with Gasteiger partial charge in [0.15, 0.2) is 6.61 Å². The lowest BCUT2D eigenvalue weighted by Crippen LogP contribution is -2.28. The van der Waals surface area contributed by atoms with Crippen LogP contribution in [0.1, 0.15) is 22.6 Å². The molecule has 2 heterocycles. The Morgan fingerprint density at radius 3 is 2.52 bits per heavy atom. The summed E-state index contributed by atoms with van der Waals surface area (Å²) in [5, 5.41) is 7.07. The van der Waals surface area contributed by atoms with Gasteiger partial charge in [-0.05, 0) is 44.5 Å². The Hall–Kier alpha value is -3.29. The monoisotopic (exact) mass is 369 g/mol. The van der Waals surface area contributed by atoms with E-state index in [0.717, 1.165) is 17.0 Å². The smallest absolute Gasteiger partial charge is 0.258 e. The summed E-state index contributed by atoms with van der Waals surface area (Å²) in [7, 11) is 0. The number of hydrogen-bond donors (Lipinski definition) is 1. The van der Waals surface area contributed by atoms with E-state index in [1.807, 2.05) is 26.8 Å². The Bertz CT molecular complexity index is 953. The largest absolute Gasteiger partial charge is 0.467 e. The molecular weight excluding hydrogens is 349 g/mol. The molecule has 2 aromatic heterocycles. The van der Waals surface area contributed by atoms with Crippen LogP contribution in [0.5, 0.6) is 5.88 Å². The van der Waals surface area contributed by atoms with Crippen molar-refractivity contribution in [3.63, 3.8) is 0 Å². The molecule has 0 aliphatic rings. The fraction of sp³-hybridized carbons (Fsp3) is 0.263. The van der Waals surface area contributed by atoms with Gasteiger partial charge in [-0.3, -0.25) is 4.79 Å². The minimum atomic E-state index is -0.314. The number of hydrogen-bond acceptors (Lipinski definition) is 5. The molecule has 0 bridgehead atoms. The predicted octanol–water partition coefficient (Wildman–Crippen LogP) is 2.42. The second kappa shape index (κ2) is 7.94. The summed E-state index contributed by atoms with van der Waals surface area (Å²) in [6.07, 6.45) is 0. The Morgan fingerprint density at radius 1 is 1.11 bits per heavy atom. The maximum Gasteiger partial charge on any atom is 0.258 e. The van der Waals surface area contributed by atoms with Crippen molar-refractivity contribution in [1.82, 2.24) is 25.1 Å². The van der Waals surface area contributed by atoms with Crippen molar-refractivity contribution < 1.29 is 13.9 Å². The molecule has 27 heavy (non-hydrogen) atoms. The van der Waals surface area contributed by atoms with Crippen molar-refractivity contribution in [2.75, 3.05) is 6.61 Å². The fourth-order valence-electron chi connectivity index (χ4n) is 2.52. The molecule has 8 heteroatoms. The number of carbonyl (C=O) groups excluding carboxylic acids is 1. The van der Waals surface area contributed by atoms with Crippen LogP contribution in [0.25, 0.3) is 5.95 Å². The van der Waals surface area contributed by atoms with Crippen LogP contribution >= 0.6 is 0 Å². The lowest BCUT2D eigenvalue weighted by Gasteiger charge is -2.09. The number of rotatable bonds is 6. The minimum absolute atomic E-state index is 0.186. The topological polar surface area (TPSA) is 81.9 Å². The lowest BCUT2D eigenvalue weighted by molar-refractivity contribution is -0.123. The first-order chi connectivity index (χ1) is 12.9. The average Bonchev–Trinajstić information content (AvgIpc) is 2.97. The average molecular weight is 369 g/mol. The van der Waals surface area contributed by atoms with E-state index in [1.54, 1.807) is 22.9 Å². The zero-order valence-corrected chi connectivity index (χ0v) is 15.4. The fourth-order valence-corrected chi connectivity index (χ4v) is 2.52. The second-order valence-corrected chi connectivity index (χ2v) is 6.18. The van der Waals surface area contributed by atoms with Crippen molar-refractivity contribution >= 4 is 5.91 Å². The maximum atomic E-state index is 12.9. The molecule has 1 aromatic carbocycles. The number of carbonyl (C=O) groups is 1. The van der Waals surface area contributed by atoms with E-state index < -0.39 is 0 Å². The van der Waals surface area contributed by atoms with Crippen molar-refractivity contribution in [3.8, 4) is 11.8 Å². The summed E-state index contributed by atoms with van der Waals surface area (Å²) in [6, 6.07) is 9.51. The number of aromatic nitrogens is 4. The van der Waals surface area contributed by atoms with Gasteiger partial charge in [-0.15, -0.1) is 0 Å². The van der Waals surface area contributed by atoms with E-state index in [-0.39, 0.29) is 18.3 Å². The van der Waals surface area contributed by atoms with Gasteiger partial charge in [-0.1, -0.05) is 12.1 Å². The van der Waals surface area contributed by atoms with E-state index in [9.17, 15) is 9.18 Å². The van der Waals surface area contributed by atoms with Crippen molar-refractivity contribution in [2.24, 2.45) is 0 Å². The van der Waals surface area contributed by atoms with Crippen LogP contribution in [0.3, 0.4) is 0 Å². The molecule has 0 spiro atoms. The van der Waals surface area contributed by atoms with Crippen LogP contribution in [-0.4, -0.2) is 32.3 Å². The van der Waals surface area contributed by atoms with Gasteiger partial charge >= 0.3 is 0 Å². The molecule has 0 saturated heterocycles. The lowest BCUT2D eigenvalue weighted by atomic mass is 10.2. The van der Waals surface area contributed by atoms with E-state index >= 15 is 0 Å². The van der Waals surface area contributed by atoms with E-state index in [4.69, 9.17) is 4.74 Å². The third-order valence-electron chi connectivity index (χ3n) is 3.77. The summed E-state index contributed by atoms with van der Waals surface area (Å²) in [5.41, 5.74) is 3.27. The van der Waals surface area contributed by atoms with Crippen molar-refractivity contribution in [1.29, 1.82) is 0 Å². The summed E-state index contributed by atoms with van der Waals surface area (Å²) in [4.78, 5) is 20.7. The van der Waals surface area contributed by atoms with Crippen LogP contribution in [0.15, 0.2) is 36.4 Å². The van der Waals surface area contributed by atoms with E-state index in [2.05, 4.69) is 20.4 Å². The van der Waals surface area contributed by atoms with Gasteiger partial charge in [0.1, 0.15) is 5.82 Å². The highest BCUT2D eigenvalue weighted by molar-refractivity contribution is 5.77. The van der Waals surface area contributed by atoms with Crippen LogP contribution < -0.4 is 10.1 Å². The Morgan fingerprint density at radius 2 is 1.85 bits per heavy atom. The summed E-state index contributed by atoms with van der Waals surface area (Å²) >= 11 is 0. The Kier molecular flexibility index (Phi) is 5.44. The summed E-state index contributed by atoms with van der Waals surface area (Å²) in [5.74, 6) is 0.0681. The zero-order chi connectivity index (χ0) is 19.4. The van der Waals surface area contributed by atoms with Gasteiger partial charge in [0.05, 0.1) is 5.69 Å². The van der Waals surface area contributed by atoms with Crippen LogP contribution in [0, 0.1) is 26.6 Å². The number of amides is 1. The molecule has 3 rings (SSSR count). The van der Waals surface area contributed by atoms with Gasteiger partial charge in [-0.2, -0.15) is 10.1 Å². The molecule has 0 saturated carbocycles. The predicted molar refractivity (Wildman–Crippen MR) is 97.1 cm³/mol. The summed E-state index contributed by atoms with van der Waals surface area (Å²) < 4.78 is 20.0. The molecule has 0 atom stereocenters. The first kappa shape index (κ1) is 18.5. The highest BCUT2D eigenvalue weighted by atomic mass is 19.1.